The first kappa shape index (κ1) is 11.9. The van der Waals surface area contributed by atoms with Gasteiger partial charge < -0.3 is 10.5 Å². The highest BCUT2D eigenvalue weighted by atomic mass is 35.5. The molecular formula is C12H12ClN3OS. The standard InChI is InChI=1S/C12H12ClN3OS/c13-9-5-7(6-14)1-4-10(9)17-12-15-11(16-18-12)8-2-3-8/h1,4-5,8H,2-3,6,14H2. The van der Waals surface area contributed by atoms with Gasteiger partial charge in [-0.15, -0.1) is 0 Å². The molecule has 4 nitrogen and oxygen atoms in total. The molecule has 6 heteroatoms. The zero-order valence-corrected chi connectivity index (χ0v) is 11.2. The minimum absolute atomic E-state index is 0.463. The van der Waals surface area contributed by atoms with Crippen LogP contribution in [0.5, 0.6) is 10.9 Å². The Balaban J connectivity index is 1.78. The zero-order chi connectivity index (χ0) is 12.5. The first-order chi connectivity index (χ1) is 8.76. The van der Waals surface area contributed by atoms with Gasteiger partial charge in [-0.05, 0) is 30.5 Å². The minimum Gasteiger partial charge on any atom is -0.428 e. The van der Waals surface area contributed by atoms with E-state index in [9.17, 15) is 0 Å². The Hall–Kier alpha value is -1.17. The summed E-state index contributed by atoms with van der Waals surface area (Å²) in [4.78, 5) is 4.35. The summed E-state index contributed by atoms with van der Waals surface area (Å²) in [6.07, 6.45) is 2.37. The van der Waals surface area contributed by atoms with E-state index in [0.717, 1.165) is 11.4 Å². The number of hydrogen-bond acceptors (Lipinski definition) is 5. The summed E-state index contributed by atoms with van der Waals surface area (Å²) in [5.74, 6) is 2.02. The van der Waals surface area contributed by atoms with Gasteiger partial charge in [0, 0.05) is 24.0 Å². The fraction of sp³-hybridized carbons (Fsp3) is 0.333. The third-order valence-corrected chi connectivity index (χ3v) is 3.70. The monoisotopic (exact) mass is 281 g/mol. The first-order valence-electron chi connectivity index (χ1n) is 5.76. The van der Waals surface area contributed by atoms with E-state index in [2.05, 4.69) is 9.36 Å². The van der Waals surface area contributed by atoms with Crippen LogP contribution in [0.15, 0.2) is 18.2 Å². The van der Waals surface area contributed by atoms with Crippen LogP contribution in [0.25, 0.3) is 0 Å². The van der Waals surface area contributed by atoms with Crippen molar-refractivity contribution in [3.8, 4) is 10.9 Å². The predicted octanol–water partition coefficient (Wildman–Crippen LogP) is 3.32. The number of nitrogens with zero attached hydrogens (tertiary/aromatic N) is 2. The summed E-state index contributed by atoms with van der Waals surface area (Å²) >= 11 is 7.38. The van der Waals surface area contributed by atoms with Gasteiger partial charge in [0.2, 0.25) is 0 Å². The Morgan fingerprint density at radius 1 is 1.44 bits per heavy atom. The summed E-state index contributed by atoms with van der Waals surface area (Å²) in [6.45, 7) is 0.463. The Labute approximate surface area is 114 Å². The molecular weight excluding hydrogens is 270 g/mol. The van der Waals surface area contributed by atoms with Crippen molar-refractivity contribution in [1.29, 1.82) is 0 Å². The maximum atomic E-state index is 6.12. The highest BCUT2D eigenvalue weighted by Crippen LogP contribution is 2.40. The lowest BCUT2D eigenvalue weighted by atomic mass is 10.2. The number of halogens is 1. The molecule has 0 spiro atoms. The van der Waals surface area contributed by atoms with E-state index >= 15 is 0 Å². The average Bonchev–Trinajstić information content (AvgIpc) is 3.13. The van der Waals surface area contributed by atoms with Crippen molar-refractivity contribution in [3.63, 3.8) is 0 Å². The van der Waals surface area contributed by atoms with Crippen LogP contribution in [-0.4, -0.2) is 9.36 Å². The second-order valence-electron chi connectivity index (χ2n) is 4.26. The molecule has 2 aromatic rings. The first-order valence-corrected chi connectivity index (χ1v) is 6.91. The molecule has 1 aliphatic rings. The summed E-state index contributed by atoms with van der Waals surface area (Å²) in [7, 11) is 0. The van der Waals surface area contributed by atoms with Crippen molar-refractivity contribution in [2.24, 2.45) is 5.73 Å². The number of nitrogens with two attached hydrogens (primary N) is 1. The third kappa shape index (κ3) is 2.48. The molecule has 0 radical (unpaired) electrons. The van der Waals surface area contributed by atoms with Crippen molar-refractivity contribution in [2.75, 3.05) is 0 Å². The van der Waals surface area contributed by atoms with Gasteiger partial charge in [-0.1, -0.05) is 17.7 Å². The molecule has 1 aromatic carbocycles. The molecule has 0 amide bonds. The summed E-state index contributed by atoms with van der Waals surface area (Å²) in [5, 5.41) is 1.08. The van der Waals surface area contributed by atoms with E-state index in [1.807, 2.05) is 12.1 Å². The lowest BCUT2D eigenvalue weighted by Crippen LogP contribution is -1.96. The Bertz CT molecular complexity index is 568. The normalized spacial score (nSPS) is 14.8. The van der Waals surface area contributed by atoms with E-state index in [0.29, 0.717) is 28.4 Å². The van der Waals surface area contributed by atoms with Crippen molar-refractivity contribution >= 4 is 23.1 Å². The molecule has 0 unspecified atom stereocenters. The lowest BCUT2D eigenvalue weighted by molar-refractivity contribution is 0.477. The average molecular weight is 282 g/mol. The van der Waals surface area contributed by atoms with Gasteiger partial charge in [0.15, 0.2) is 0 Å². The minimum atomic E-state index is 0.463. The van der Waals surface area contributed by atoms with Crippen LogP contribution in [0.2, 0.25) is 5.02 Å². The maximum Gasteiger partial charge on any atom is 0.298 e. The van der Waals surface area contributed by atoms with E-state index in [4.69, 9.17) is 22.1 Å². The van der Waals surface area contributed by atoms with Crippen molar-refractivity contribution in [1.82, 2.24) is 9.36 Å². The van der Waals surface area contributed by atoms with Crippen LogP contribution >= 0.6 is 23.1 Å². The summed E-state index contributed by atoms with van der Waals surface area (Å²) < 4.78 is 9.92. The van der Waals surface area contributed by atoms with Crippen LogP contribution < -0.4 is 10.5 Å². The largest absolute Gasteiger partial charge is 0.428 e. The predicted molar refractivity (Wildman–Crippen MR) is 71.3 cm³/mol. The van der Waals surface area contributed by atoms with Crippen LogP contribution in [0, 0.1) is 0 Å². The molecule has 0 aliphatic heterocycles. The second kappa shape index (κ2) is 4.84. The van der Waals surface area contributed by atoms with E-state index in [1.54, 1.807) is 6.07 Å². The van der Waals surface area contributed by atoms with Gasteiger partial charge in [0.05, 0.1) is 5.02 Å². The van der Waals surface area contributed by atoms with Gasteiger partial charge in [-0.3, -0.25) is 0 Å². The van der Waals surface area contributed by atoms with Crippen molar-refractivity contribution < 1.29 is 4.74 Å². The fourth-order valence-electron chi connectivity index (χ4n) is 1.62. The highest BCUT2D eigenvalue weighted by molar-refractivity contribution is 7.07. The quantitative estimate of drug-likeness (QED) is 0.934. The van der Waals surface area contributed by atoms with Gasteiger partial charge in [-0.25, -0.2) is 0 Å². The molecule has 2 N–H and O–H groups in total. The molecule has 1 aromatic heterocycles. The highest BCUT2D eigenvalue weighted by Gasteiger charge is 2.28. The number of hydrogen-bond donors (Lipinski definition) is 1. The molecule has 3 rings (SSSR count). The third-order valence-electron chi connectivity index (χ3n) is 2.79. The van der Waals surface area contributed by atoms with E-state index < -0.39 is 0 Å². The molecule has 1 saturated carbocycles. The zero-order valence-electron chi connectivity index (χ0n) is 9.60. The number of rotatable bonds is 4. The molecule has 0 atom stereocenters. The van der Waals surface area contributed by atoms with Gasteiger partial charge in [0.25, 0.3) is 5.19 Å². The summed E-state index contributed by atoms with van der Waals surface area (Å²) in [6, 6.07) is 5.51. The molecule has 0 bridgehead atoms. The fourth-order valence-corrected chi connectivity index (χ4v) is 2.48. The molecule has 1 fully saturated rings. The number of ether oxygens (including phenoxy) is 1. The Morgan fingerprint density at radius 3 is 2.94 bits per heavy atom. The summed E-state index contributed by atoms with van der Waals surface area (Å²) in [5.41, 5.74) is 6.52. The second-order valence-corrected chi connectivity index (χ2v) is 5.39. The Morgan fingerprint density at radius 2 is 2.28 bits per heavy atom. The van der Waals surface area contributed by atoms with Crippen molar-refractivity contribution in [2.45, 2.75) is 25.3 Å². The van der Waals surface area contributed by atoms with Crippen LogP contribution in [0.1, 0.15) is 30.1 Å². The molecule has 1 heterocycles. The van der Waals surface area contributed by atoms with Crippen LogP contribution in [0.3, 0.4) is 0 Å². The van der Waals surface area contributed by atoms with Gasteiger partial charge in [0.1, 0.15) is 11.6 Å². The Kier molecular flexibility index (Phi) is 3.20. The molecule has 18 heavy (non-hydrogen) atoms. The SMILES string of the molecule is NCc1ccc(Oc2nc(C3CC3)ns2)c(Cl)c1. The van der Waals surface area contributed by atoms with Crippen LogP contribution in [-0.2, 0) is 6.54 Å². The topological polar surface area (TPSA) is 61.0 Å². The molecule has 94 valence electrons. The lowest BCUT2D eigenvalue weighted by Gasteiger charge is -2.05. The van der Waals surface area contributed by atoms with Gasteiger partial charge in [-0.2, -0.15) is 9.36 Å². The maximum absolute atomic E-state index is 6.12. The van der Waals surface area contributed by atoms with E-state index in [-0.39, 0.29) is 0 Å². The van der Waals surface area contributed by atoms with E-state index in [1.165, 1.54) is 24.4 Å². The molecule has 0 saturated heterocycles. The van der Waals surface area contributed by atoms with Crippen molar-refractivity contribution in [3.05, 3.63) is 34.6 Å². The van der Waals surface area contributed by atoms with Crippen LogP contribution in [0.4, 0.5) is 0 Å². The number of benzene rings is 1. The number of aromatic nitrogens is 2. The smallest absolute Gasteiger partial charge is 0.298 e. The molecule has 1 aliphatic carbocycles. The van der Waals surface area contributed by atoms with Gasteiger partial charge >= 0.3 is 0 Å².